The van der Waals surface area contributed by atoms with E-state index in [1.54, 1.807) is 0 Å². The third-order valence-electron chi connectivity index (χ3n) is 7.19. The Hall–Kier alpha value is -2.33. The summed E-state index contributed by atoms with van der Waals surface area (Å²) in [5.41, 5.74) is 0. The first kappa shape index (κ1) is 46.7. The third-order valence-corrected chi connectivity index (χ3v) is 8.14. The zero-order chi connectivity index (χ0) is 36.3. The molecule has 0 spiro atoms. The molecule has 0 aliphatic heterocycles. The summed E-state index contributed by atoms with van der Waals surface area (Å²) < 4.78 is 32.3. The van der Waals surface area contributed by atoms with Crippen LogP contribution in [0.4, 0.5) is 0 Å². The van der Waals surface area contributed by atoms with Crippen molar-refractivity contribution in [2.75, 3.05) is 26.4 Å². The van der Waals surface area contributed by atoms with Gasteiger partial charge in [0.05, 0.1) is 19.8 Å². The quantitative estimate of drug-likeness (QED) is 0.0261. The predicted molar refractivity (Wildman–Crippen MR) is 196 cm³/mol. The molecule has 0 aliphatic rings. The molecule has 49 heavy (non-hydrogen) atoms. The molecule has 1 unspecified atom stereocenters. The Morgan fingerprint density at radius 3 is 1.67 bits per heavy atom. The number of phosphoric acid groups is 1. The highest BCUT2D eigenvalue weighted by Crippen LogP contribution is 2.43. The monoisotopic (exact) mass is 712 g/mol. The number of carbonyl (C=O) groups is 2. The molecule has 0 heterocycles. The van der Waals surface area contributed by atoms with Gasteiger partial charge in [-0.3, -0.25) is 18.6 Å². The van der Waals surface area contributed by atoms with E-state index >= 15 is 0 Å². The average molecular weight is 713 g/mol. The molecule has 0 saturated heterocycles. The van der Waals surface area contributed by atoms with Crippen LogP contribution in [-0.4, -0.2) is 65.7 Å². The number of aliphatic hydroxyl groups excluding tert-OH is 2. The second-order valence-electron chi connectivity index (χ2n) is 11.9. The van der Waals surface area contributed by atoms with E-state index in [1.807, 2.05) is 12.2 Å². The summed E-state index contributed by atoms with van der Waals surface area (Å²) in [5, 5.41) is 18.2. The van der Waals surface area contributed by atoms with E-state index in [1.165, 1.54) is 38.5 Å². The number of ether oxygens (including phenoxy) is 2. The molecule has 0 radical (unpaired) electrons. The van der Waals surface area contributed by atoms with E-state index in [9.17, 15) is 24.2 Å². The Labute approximate surface area is 296 Å². The molecule has 0 bridgehead atoms. The molecule has 0 aromatic rings. The van der Waals surface area contributed by atoms with E-state index in [-0.39, 0.29) is 19.4 Å². The van der Waals surface area contributed by atoms with Gasteiger partial charge in [0.1, 0.15) is 12.7 Å². The van der Waals surface area contributed by atoms with Gasteiger partial charge in [-0.05, 0) is 51.4 Å². The summed E-state index contributed by atoms with van der Waals surface area (Å²) in [6.45, 7) is 2.17. The lowest BCUT2D eigenvalue weighted by molar-refractivity contribution is -0.161. The molecule has 3 N–H and O–H groups in total. The highest BCUT2D eigenvalue weighted by molar-refractivity contribution is 7.47. The van der Waals surface area contributed by atoms with Gasteiger partial charge in [-0.2, -0.15) is 0 Å². The summed E-state index contributed by atoms with van der Waals surface area (Å²) in [5.74, 6) is -1.03. The van der Waals surface area contributed by atoms with Crippen LogP contribution in [0.1, 0.15) is 129 Å². The summed E-state index contributed by atoms with van der Waals surface area (Å²) >= 11 is 0. The number of hydrogen-bond donors (Lipinski definition) is 3. The molecule has 0 amide bonds. The first-order valence-corrected chi connectivity index (χ1v) is 19.7. The Balaban J connectivity index is 4.43. The summed E-state index contributed by atoms with van der Waals surface area (Å²) in [4.78, 5) is 34.6. The zero-order valence-electron chi connectivity index (χ0n) is 30.1. The van der Waals surface area contributed by atoms with Gasteiger partial charge in [0, 0.05) is 12.8 Å². The van der Waals surface area contributed by atoms with Gasteiger partial charge >= 0.3 is 19.8 Å². The van der Waals surface area contributed by atoms with Crippen molar-refractivity contribution in [3.05, 3.63) is 60.8 Å². The van der Waals surface area contributed by atoms with E-state index < -0.39 is 51.8 Å². The fourth-order valence-corrected chi connectivity index (χ4v) is 5.12. The van der Waals surface area contributed by atoms with Crippen molar-refractivity contribution in [3.8, 4) is 0 Å². The molecule has 0 rings (SSSR count). The molecule has 0 aromatic heterocycles. The number of carbonyl (C=O) groups excluding carboxylic acids is 2. The molecule has 0 fully saturated rings. The van der Waals surface area contributed by atoms with Crippen molar-refractivity contribution in [2.45, 2.75) is 142 Å². The average Bonchev–Trinajstić information content (AvgIpc) is 3.09. The van der Waals surface area contributed by atoms with Crippen molar-refractivity contribution >= 4 is 19.8 Å². The smallest absolute Gasteiger partial charge is 0.462 e. The van der Waals surface area contributed by atoms with Gasteiger partial charge in [-0.25, -0.2) is 4.57 Å². The van der Waals surface area contributed by atoms with Crippen LogP contribution in [0.2, 0.25) is 0 Å². The number of phosphoric ester groups is 1. The number of unbranched alkanes of at least 4 members (excludes halogenated alkanes) is 9. The van der Waals surface area contributed by atoms with E-state index in [2.05, 4.69) is 67.0 Å². The third kappa shape index (κ3) is 33.9. The molecule has 11 heteroatoms. The molecule has 0 aromatic carbocycles. The van der Waals surface area contributed by atoms with Crippen LogP contribution in [0, 0.1) is 0 Å². The minimum absolute atomic E-state index is 0.116. The highest BCUT2D eigenvalue weighted by Gasteiger charge is 2.27. The number of aliphatic hydroxyl groups is 2. The van der Waals surface area contributed by atoms with Crippen molar-refractivity contribution < 1.29 is 47.8 Å². The van der Waals surface area contributed by atoms with Gasteiger partial charge in [-0.15, -0.1) is 0 Å². The Morgan fingerprint density at radius 1 is 0.612 bits per heavy atom. The molecule has 3 atom stereocenters. The van der Waals surface area contributed by atoms with Crippen LogP contribution < -0.4 is 0 Å². The van der Waals surface area contributed by atoms with Crippen molar-refractivity contribution in [2.24, 2.45) is 0 Å². The molecule has 0 aliphatic carbocycles. The van der Waals surface area contributed by atoms with Gasteiger partial charge in [-0.1, -0.05) is 126 Å². The number of rotatable bonds is 33. The summed E-state index contributed by atoms with van der Waals surface area (Å²) in [6.07, 6.45) is 35.2. The first-order chi connectivity index (χ1) is 23.7. The Morgan fingerprint density at radius 2 is 1.10 bits per heavy atom. The van der Waals surface area contributed by atoms with Crippen molar-refractivity contribution in [1.29, 1.82) is 0 Å². The first-order valence-electron chi connectivity index (χ1n) is 18.2. The Kier molecular flexibility index (Phi) is 32.5. The zero-order valence-corrected chi connectivity index (χ0v) is 31.0. The highest BCUT2D eigenvalue weighted by atomic mass is 31.2. The van der Waals surface area contributed by atoms with Gasteiger partial charge in [0.25, 0.3) is 0 Å². The van der Waals surface area contributed by atoms with Gasteiger partial charge < -0.3 is 24.6 Å². The van der Waals surface area contributed by atoms with E-state index in [0.29, 0.717) is 12.8 Å². The molecule has 282 valence electrons. The number of hydrogen-bond acceptors (Lipinski definition) is 9. The summed E-state index contributed by atoms with van der Waals surface area (Å²) in [6, 6.07) is 0. The van der Waals surface area contributed by atoms with Crippen LogP contribution in [0.25, 0.3) is 0 Å². The fourth-order valence-electron chi connectivity index (χ4n) is 4.33. The van der Waals surface area contributed by atoms with Crippen LogP contribution in [0.5, 0.6) is 0 Å². The lowest BCUT2D eigenvalue weighted by Crippen LogP contribution is -2.29. The second-order valence-corrected chi connectivity index (χ2v) is 13.4. The standard InChI is InChI=1S/C38H65O10P/c1-3-5-7-9-11-12-13-14-15-16-17-18-19-20-21-22-24-25-27-29-37(41)45-33-36(34-47-49(43,44)46-32-35(40)31-39)48-38(42)30-28-26-23-10-8-6-4-2/h11-12,14-15,17-18,20-21,24-25,35-36,39-40H,3-10,13,16,19,22-23,26-34H2,1-2H3,(H,43,44)/b12-11+,15-14+,18-17+,21-20+,25-24+/t35-,36+/m1/s1. The maximum atomic E-state index is 12.4. The van der Waals surface area contributed by atoms with Gasteiger partial charge in [0.15, 0.2) is 6.10 Å². The maximum Gasteiger partial charge on any atom is 0.472 e. The minimum Gasteiger partial charge on any atom is -0.462 e. The summed E-state index contributed by atoms with van der Waals surface area (Å²) in [7, 11) is -4.62. The van der Waals surface area contributed by atoms with Crippen LogP contribution >= 0.6 is 7.82 Å². The van der Waals surface area contributed by atoms with Gasteiger partial charge in [0.2, 0.25) is 0 Å². The normalized spacial score (nSPS) is 14.8. The lowest BCUT2D eigenvalue weighted by Gasteiger charge is -2.20. The molecule has 0 saturated carbocycles. The van der Waals surface area contributed by atoms with Crippen molar-refractivity contribution in [3.63, 3.8) is 0 Å². The van der Waals surface area contributed by atoms with Crippen LogP contribution in [0.3, 0.4) is 0 Å². The number of esters is 2. The lowest BCUT2D eigenvalue weighted by atomic mass is 10.1. The van der Waals surface area contributed by atoms with E-state index in [4.69, 9.17) is 19.1 Å². The topological polar surface area (TPSA) is 149 Å². The molecular formula is C38H65O10P. The minimum atomic E-state index is -4.62. The predicted octanol–water partition coefficient (Wildman–Crippen LogP) is 8.77. The van der Waals surface area contributed by atoms with Crippen LogP contribution in [-0.2, 0) is 32.7 Å². The van der Waals surface area contributed by atoms with E-state index in [0.717, 1.165) is 51.4 Å². The SMILES string of the molecule is CCCCC/C=C/C/C=C/C/C=C/C/C=C/C/C=C/CCC(=O)OC[C@@H](COP(=O)(O)OC[C@H](O)CO)OC(=O)CCCCCCCCC. The molecule has 10 nitrogen and oxygen atoms in total. The molecular weight excluding hydrogens is 647 g/mol. The maximum absolute atomic E-state index is 12.4. The largest absolute Gasteiger partial charge is 0.472 e. The second kappa shape index (κ2) is 34.1. The number of allylic oxidation sites excluding steroid dienone is 10. The Bertz CT molecular complexity index is 1000. The van der Waals surface area contributed by atoms with Crippen LogP contribution in [0.15, 0.2) is 60.8 Å². The van der Waals surface area contributed by atoms with Crippen molar-refractivity contribution in [1.82, 2.24) is 0 Å². The fraction of sp³-hybridized carbons (Fsp3) is 0.684.